The van der Waals surface area contributed by atoms with Crippen molar-refractivity contribution in [2.24, 2.45) is 5.92 Å². The van der Waals surface area contributed by atoms with E-state index in [1.165, 1.54) is 12.1 Å². The Kier molecular flexibility index (Phi) is 6.54. The van der Waals surface area contributed by atoms with Crippen molar-refractivity contribution >= 4 is 23.3 Å². The fraction of sp³-hybridized carbons (Fsp3) is 0.556. The third-order valence-electron chi connectivity index (χ3n) is 4.32. The van der Waals surface area contributed by atoms with E-state index in [2.05, 4.69) is 12.2 Å². The van der Waals surface area contributed by atoms with E-state index < -0.39 is 23.4 Å². The number of nitrogens with zero attached hydrogens (tertiary/aromatic N) is 2. The highest BCUT2D eigenvalue weighted by Crippen LogP contribution is 2.32. The second kappa shape index (κ2) is 8.64. The summed E-state index contributed by atoms with van der Waals surface area (Å²) in [5.41, 5.74) is 0.444. The van der Waals surface area contributed by atoms with Crippen LogP contribution in [-0.4, -0.2) is 42.5 Å². The normalized spacial score (nSPS) is 15.0. The highest BCUT2D eigenvalue weighted by Gasteiger charge is 2.25. The third kappa shape index (κ3) is 5.18. The Morgan fingerprint density at radius 2 is 2.00 bits per heavy atom. The third-order valence-corrected chi connectivity index (χ3v) is 4.32. The van der Waals surface area contributed by atoms with Gasteiger partial charge in [0.2, 0.25) is 0 Å². The molecule has 0 radical (unpaired) electrons. The minimum Gasteiger partial charge on any atom is -0.452 e. The molecule has 0 unspecified atom stereocenters. The number of ether oxygens (including phenoxy) is 1. The number of hydrogen-bond donors (Lipinski definition) is 1. The van der Waals surface area contributed by atoms with Gasteiger partial charge in [-0.05, 0) is 44.7 Å². The van der Waals surface area contributed by atoms with Crippen molar-refractivity contribution in [2.75, 3.05) is 24.6 Å². The van der Waals surface area contributed by atoms with Crippen LogP contribution in [0.15, 0.2) is 18.2 Å². The smallest absolute Gasteiger partial charge is 0.338 e. The van der Waals surface area contributed by atoms with Gasteiger partial charge < -0.3 is 15.0 Å². The van der Waals surface area contributed by atoms with Gasteiger partial charge in [0.1, 0.15) is 5.69 Å². The van der Waals surface area contributed by atoms with E-state index in [1.54, 1.807) is 19.9 Å². The molecule has 0 aliphatic carbocycles. The second-order valence-corrected chi connectivity index (χ2v) is 6.93. The molecular weight excluding hydrogens is 338 g/mol. The number of rotatable bonds is 6. The lowest BCUT2D eigenvalue weighted by Gasteiger charge is -2.31. The Morgan fingerprint density at radius 3 is 2.58 bits per heavy atom. The van der Waals surface area contributed by atoms with E-state index in [4.69, 9.17) is 4.74 Å². The number of benzene rings is 1. The van der Waals surface area contributed by atoms with Crippen LogP contribution in [0.1, 0.15) is 44.0 Å². The first-order chi connectivity index (χ1) is 12.3. The summed E-state index contributed by atoms with van der Waals surface area (Å²) in [5, 5.41) is 14.1. The molecule has 1 aromatic rings. The van der Waals surface area contributed by atoms with E-state index in [0.717, 1.165) is 25.9 Å². The molecule has 1 aliphatic heterocycles. The SMILES string of the molecule is CC1CCN(c2ccc(C(=O)OCC(=O)NC(C)C)cc2[N+](=O)[O-])CC1. The lowest BCUT2D eigenvalue weighted by Crippen LogP contribution is -2.34. The summed E-state index contributed by atoms with van der Waals surface area (Å²) in [6.45, 7) is 6.84. The molecular formula is C18H25N3O5. The summed E-state index contributed by atoms with van der Waals surface area (Å²) in [7, 11) is 0. The van der Waals surface area contributed by atoms with Crippen LogP contribution in [0.3, 0.4) is 0 Å². The molecule has 8 nitrogen and oxygen atoms in total. The Hall–Kier alpha value is -2.64. The number of nitro groups is 1. The summed E-state index contributed by atoms with van der Waals surface area (Å²) in [6, 6.07) is 4.24. The van der Waals surface area contributed by atoms with Gasteiger partial charge >= 0.3 is 5.97 Å². The van der Waals surface area contributed by atoms with Crippen LogP contribution in [0.25, 0.3) is 0 Å². The molecule has 0 saturated carbocycles. The molecule has 0 aromatic heterocycles. The maximum atomic E-state index is 12.1. The molecule has 1 aromatic carbocycles. The van der Waals surface area contributed by atoms with Crippen LogP contribution in [0.4, 0.5) is 11.4 Å². The van der Waals surface area contributed by atoms with Crippen molar-refractivity contribution in [3.63, 3.8) is 0 Å². The highest BCUT2D eigenvalue weighted by atomic mass is 16.6. The van der Waals surface area contributed by atoms with E-state index in [-0.39, 0.29) is 17.3 Å². The maximum absolute atomic E-state index is 12.1. The molecule has 26 heavy (non-hydrogen) atoms. The monoisotopic (exact) mass is 363 g/mol. The minimum atomic E-state index is -0.758. The molecule has 2 rings (SSSR count). The van der Waals surface area contributed by atoms with Crippen LogP contribution < -0.4 is 10.2 Å². The molecule has 1 aliphatic rings. The molecule has 1 heterocycles. The van der Waals surface area contributed by atoms with Gasteiger partial charge in [0.05, 0.1) is 10.5 Å². The number of nitro benzene ring substituents is 1. The number of carbonyl (C=O) groups excluding carboxylic acids is 2. The van der Waals surface area contributed by atoms with Crippen LogP contribution in [0.2, 0.25) is 0 Å². The van der Waals surface area contributed by atoms with Crippen LogP contribution in [0.5, 0.6) is 0 Å². The largest absolute Gasteiger partial charge is 0.452 e. The van der Waals surface area contributed by atoms with Crippen LogP contribution in [0, 0.1) is 16.0 Å². The van der Waals surface area contributed by atoms with Crippen LogP contribution >= 0.6 is 0 Å². The molecule has 0 spiro atoms. The van der Waals surface area contributed by atoms with Gasteiger partial charge in [-0.1, -0.05) is 6.92 Å². The van der Waals surface area contributed by atoms with Crippen LogP contribution in [-0.2, 0) is 9.53 Å². The number of carbonyl (C=O) groups is 2. The molecule has 142 valence electrons. The van der Waals surface area contributed by atoms with Gasteiger partial charge in [-0.15, -0.1) is 0 Å². The zero-order chi connectivity index (χ0) is 19.3. The second-order valence-electron chi connectivity index (χ2n) is 6.93. The molecule has 1 N–H and O–H groups in total. The summed E-state index contributed by atoms with van der Waals surface area (Å²) in [4.78, 5) is 36.6. The lowest BCUT2D eigenvalue weighted by atomic mass is 9.98. The van der Waals surface area contributed by atoms with Gasteiger partial charge in [0, 0.05) is 25.2 Å². The Balaban J connectivity index is 2.11. The summed E-state index contributed by atoms with van der Waals surface area (Å²) in [5.74, 6) is -0.565. The molecule has 0 bridgehead atoms. The fourth-order valence-electron chi connectivity index (χ4n) is 2.89. The van der Waals surface area contributed by atoms with E-state index in [0.29, 0.717) is 11.6 Å². The predicted molar refractivity (Wildman–Crippen MR) is 97.3 cm³/mol. The number of esters is 1. The van der Waals surface area contributed by atoms with Crippen molar-refractivity contribution < 1.29 is 19.2 Å². The summed E-state index contributed by atoms with van der Waals surface area (Å²) < 4.78 is 4.94. The first kappa shape index (κ1) is 19.7. The number of nitrogens with one attached hydrogen (secondary N) is 1. The lowest BCUT2D eigenvalue weighted by molar-refractivity contribution is -0.384. The average Bonchev–Trinajstić information content (AvgIpc) is 2.59. The molecule has 8 heteroatoms. The number of piperidine rings is 1. The Labute approximate surface area is 152 Å². The van der Waals surface area contributed by atoms with Crippen molar-refractivity contribution in [1.29, 1.82) is 0 Å². The number of hydrogen-bond acceptors (Lipinski definition) is 6. The van der Waals surface area contributed by atoms with E-state index >= 15 is 0 Å². The molecule has 0 atom stereocenters. The quantitative estimate of drug-likeness (QED) is 0.473. The van der Waals surface area contributed by atoms with Gasteiger partial charge in [-0.25, -0.2) is 4.79 Å². The molecule has 1 fully saturated rings. The van der Waals surface area contributed by atoms with Crippen molar-refractivity contribution in [3.8, 4) is 0 Å². The first-order valence-electron chi connectivity index (χ1n) is 8.77. The number of anilines is 1. The minimum absolute atomic E-state index is 0.0585. The topological polar surface area (TPSA) is 102 Å². The van der Waals surface area contributed by atoms with Gasteiger partial charge in [-0.2, -0.15) is 0 Å². The van der Waals surface area contributed by atoms with E-state index in [1.807, 2.05) is 4.90 Å². The summed E-state index contributed by atoms with van der Waals surface area (Å²) >= 11 is 0. The van der Waals surface area contributed by atoms with Gasteiger partial charge in [-0.3, -0.25) is 14.9 Å². The molecule has 1 saturated heterocycles. The fourth-order valence-corrected chi connectivity index (χ4v) is 2.89. The Bertz CT molecular complexity index is 681. The zero-order valence-corrected chi connectivity index (χ0v) is 15.4. The standard InChI is InChI=1S/C18H25N3O5/c1-12(2)19-17(22)11-26-18(23)14-4-5-15(16(10-14)21(24)25)20-8-6-13(3)7-9-20/h4-5,10,12-13H,6-9,11H2,1-3H3,(H,19,22). The highest BCUT2D eigenvalue weighted by molar-refractivity contribution is 5.93. The zero-order valence-electron chi connectivity index (χ0n) is 15.4. The van der Waals surface area contributed by atoms with Crippen molar-refractivity contribution in [3.05, 3.63) is 33.9 Å². The van der Waals surface area contributed by atoms with Crippen molar-refractivity contribution in [2.45, 2.75) is 39.7 Å². The first-order valence-corrected chi connectivity index (χ1v) is 8.77. The van der Waals surface area contributed by atoms with E-state index in [9.17, 15) is 19.7 Å². The average molecular weight is 363 g/mol. The molecule has 1 amide bonds. The van der Waals surface area contributed by atoms with Gasteiger partial charge in [0.25, 0.3) is 11.6 Å². The Morgan fingerprint density at radius 1 is 1.35 bits per heavy atom. The number of amides is 1. The predicted octanol–water partition coefficient (Wildman–Crippen LogP) is 2.51. The summed E-state index contributed by atoms with van der Waals surface area (Å²) in [6.07, 6.45) is 1.96. The van der Waals surface area contributed by atoms with Gasteiger partial charge in [0.15, 0.2) is 6.61 Å². The van der Waals surface area contributed by atoms with Crippen molar-refractivity contribution in [1.82, 2.24) is 5.32 Å². The maximum Gasteiger partial charge on any atom is 0.338 e.